The third-order valence-corrected chi connectivity index (χ3v) is 2.82. The molecule has 1 aliphatic heterocycles. The summed E-state index contributed by atoms with van der Waals surface area (Å²) >= 11 is 0. The lowest BCUT2D eigenvalue weighted by molar-refractivity contribution is 0.227. The van der Waals surface area contributed by atoms with Gasteiger partial charge in [0.05, 0.1) is 6.04 Å². The van der Waals surface area contributed by atoms with Crippen molar-refractivity contribution in [2.75, 3.05) is 26.7 Å². The Morgan fingerprint density at radius 2 is 2.36 bits per heavy atom. The Kier molecular flexibility index (Phi) is 2.89. The van der Waals surface area contributed by atoms with Gasteiger partial charge < -0.3 is 9.73 Å². The molecule has 0 aliphatic carbocycles. The van der Waals surface area contributed by atoms with Crippen molar-refractivity contribution >= 4 is 0 Å². The second-order valence-corrected chi connectivity index (χ2v) is 4.00. The molecule has 1 atom stereocenters. The fourth-order valence-electron chi connectivity index (χ4n) is 1.95. The zero-order valence-electron chi connectivity index (χ0n) is 8.92. The minimum absolute atomic E-state index is 0.395. The molecule has 0 bridgehead atoms. The van der Waals surface area contributed by atoms with Crippen molar-refractivity contribution in [3.8, 4) is 0 Å². The molecule has 1 aliphatic rings. The van der Waals surface area contributed by atoms with Crippen molar-refractivity contribution in [1.82, 2.24) is 10.2 Å². The molecule has 3 nitrogen and oxygen atoms in total. The van der Waals surface area contributed by atoms with Crippen molar-refractivity contribution in [2.24, 2.45) is 0 Å². The van der Waals surface area contributed by atoms with E-state index >= 15 is 0 Å². The maximum absolute atomic E-state index is 5.67. The van der Waals surface area contributed by atoms with Crippen LogP contribution in [0, 0.1) is 6.92 Å². The number of aryl methyl sites for hydroxylation is 1. The summed E-state index contributed by atoms with van der Waals surface area (Å²) < 4.78 is 5.67. The van der Waals surface area contributed by atoms with E-state index in [1.807, 2.05) is 13.0 Å². The molecule has 1 unspecified atom stereocenters. The van der Waals surface area contributed by atoms with Crippen LogP contribution in [0.25, 0.3) is 0 Å². The molecule has 1 aromatic rings. The fourth-order valence-corrected chi connectivity index (χ4v) is 1.95. The van der Waals surface area contributed by atoms with Crippen LogP contribution in [-0.4, -0.2) is 31.6 Å². The maximum atomic E-state index is 5.67. The van der Waals surface area contributed by atoms with Crippen LogP contribution in [0.1, 0.15) is 24.0 Å². The maximum Gasteiger partial charge on any atom is 0.122 e. The Morgan fingerprint density at radius 1 is 1.50 bits per heavy atom. The lowest BCUT2D eigenvalue weighted by Crippen LogP contribution is -2.29. The molecule has 0 aromatic carbocycles. The largest absolute Gasteiger partial charge is 0.465 e. The highest BCUT2D eigenvalue weighted by Crippen LogP contribution is 2.22. The predicted molar refractivity (Wildman–Crippen MR) is 56.3 cm³/mol. The van der Waals surface area contributed by atoms with E-state index in [1.54, 1.807) is 0 Å². The molecule has 2 heterocycles. The lowest BCUT2D eigenvalue weighted by Gasteiger charge is -2.23. The van der Waals surface area contributed by atoms with Gasteiger partial charge in [-0.3, -0.25) is 4.90 Å². The summed E-state index contributed by atoms with van der Waals surface area (Å²) in [6.45, 7) is 5.23. The van der Waals surface area contributed by atoms with Crippen LogP contribution in [-0.2, 0) is 0 Å². The first-order valence-corrected chi connectivity index (χ1v) is 5.24. The van der Waals surface area contributed by atoms with E-state index in [0.29, 0.717) is 6.04 Å². The first kappa shape index (κ1) is 9.74. The van der Waals surface area contributed by atoms with E-state index in [0.717, 1.165) is 31.2 Å². The molecule has 2 rings (SSSR count). The third kappa shape index (κ3) is 1.99. The topological polar surface area (TPSA) is 28.4 Å². The van der Waals surface area contributed by atoms with E-state index in [-0.39, 0.29) is 0 Å². The van der Waals surface area contributed by atoms with E-state index in [1.165, 1.54) is 6.42 Å². The van der Waals surface area contributed by atoms with Crippen LogP contribution in [0.4, 0.5) is 0 Å². The summed E-state index contributed by atoms with van der Waals surface area (Å²) in [5, 5.41) is 3.43. The Morgan fingerprint density at radius 3 is 3.07 bits per heavy atom. The average Bonchev–Trinajstić information content (AvgIpc) is 2.46. The fraction of sp³-hybridized carbons (Fsp3) is 0.636. The highest BCUT2D eigenvalue weighted by molar-refractivity contribution is 5.10. The lowest BCUT2D eigenvalue weighted by atomic mass is 10.2. The smallest absolute Gasteiger partial charge is 0.122 e. The van der Waals surface area contributed by atoms with Gasteiger partial charge in [-0.15, -0.1) is 0 Å². The van der Waals surface area contributed by atoms with Gasteiger partial charge in [0.1, 0.15) is 11.5 Å². The quantitative estimate of drug-likeness (QED) is 0.735. The second kappa shape index (κ2) is 4.15. The molecule has 1 aromatic heterocycles. The first-order valence-electron chi connectivity index (χ1n) is 5.24. The molecule has 1 N–H and O–H groups in total. The van der Waals surface area contributed by atoms with Crippen molar-refractivity contribution in [1.29, 1.82) is 0 Å². The van der Waals surface area contributed by atoms with Crippen LogP contribution in [0.3, 0.4) is 0 Å². The van der Waals surface area contributed by atoms with Gasteiger partial charge in [-0.25, -0.2) is 0 Å². The SMILES string of the molecule is Cc1ccc(C2CNCCCN2C)o1. The Labute approximate surface area is 85.1 Å². The molecule has 3 heteroatoms. The van der Waals surface area contributed by atoms with E-state index in [9.17, 15) is 0 Å². The summed E-state index contributed by atoms with van der Waals surface area (Å²) in [5.41, 5.74) is 0. The van der Waals surface area contributed by atoms with Gasteiger partial charge in [0.2, 0.25) is 0 Å². The van der Waals surface area contributed by atoms with Gasteiger partial charge in [0.25, 0.3) is 0 Å². The molecule has 1 fully saturated rings. The van der Waals surface area contributed by atoms with Gasteiger partial charge in [0.15, 0.2) is 0 Å². The minimum atomic E-state index is 0.395. The van der Waals surface area contributed by atoms with Gasteiger partial charge in [-0.2, -0.15) is 0 Å². The Bertz CT molecular complexity index is 295. The number of likely N-dealkylation sites (N-methyl/N-ethyl adjacent to an activating group) is 1. The molecule has 0 radical (unpaired) electrons. The summed E-state index contributed by atoms with van der Waals surface area (Å²) in [4.78, 5) is 2.36. The van der Waals surface area contributed by atoms with Crippen LogP contribution >= 0.6 is 0 Å². The number of hydrogen-bond acceptors (Lipinski definition) is 3. The van der Waals surface area contributed by atoms with Crippen LogP contribution in [0.5, 0.6) is 0 Å². The zero-order valence-corrected chi connectivity index (χ0v) is 8.92. The number of nitrogens with zero attached hydrogens (tertiary/aromatic N) is 1. The van der Waals surface area contributed by atoms with E-state index in [2.05, 4.69) is 23.3 Å². The average molecular weight is 194 g/mol. The number of rotatable bonds is 1. The summed E-state index contributed by atoms with van der Waals surface area (Å²) in [7, 11) is 2.16. The predicted octanol–water partition coefficient (Wildman–Crippen LogP) is 1.55. The Hall–Kier alpha value is -0.800. The molecule has 0 saturated carbocycles. The normalized spacial score (nSPS) is 24.9. The monoisotopic (exact) mass is 194 g/mol. The highest BCUT2D eigenvalue weighted by Gasteiger charge is 2.21. The first-order chi connectivity index (χ1) is 6.77. The molecule has 78 valence electrons. The van der Waals surface area contributed by atoms with Gasteiger partial charge >= 0.3 is 0 Å². The third-order valence-electron chi connectivity index (χ3n) is 2.82. The molecule has 0 amide bonds. The van der Waals surface area contributed by atoms with E-state index in [4.69, 9.17) is 4.42 Å². The molecular weight excluding hydrogens is 176 g/mol. The van der Waals surface area contributed by atoms with Crippen molar-refractivity contribution in [3.05, 3.63) is 23.7 Å². The van der Waals surface area contributed by atoms with Crippen LogP contribution in [0.2, 0.25) is 0 Å². The molecular formula is C11H18N2O. The van der Waals surface area contributed by atoms with Crippen molar-refractivity contribution < 1.29 is 4.42 Å². The summed E-state index contributed by atoms with van der Waals surface area (Å²) in [6, 6.07) is 4.52. The molecule has 14 heavy (non-hydrogen) atoms. The highest BCUT2D eigenvalue weighted by atomic mass is 16.3. The van der Waals surface area contributed by atoms with E-state index < -0.39 is 0 Å². The molecule has 0 spiro atoms. The number of hydrogen-bond donors (Lipinski definition) is 1. The van der Waals surface area contributed by atoms with Crippen molar-refractivity contribution in [3.63, 3.8) is 0 Å². The second-order valence-electron chi connectivity index (χ2n) is 4.00. The zero-order chi connectivity index (χ0) is 9.97. The molecule has 1 saturated heterocycles. The summed E-state index contributed by atoms with van der Waals surface area (Å²) in [6.07, 6.45) is 1.21. The Balaban J connectivity index is 2.14. The standard InChI is InChI=1S/C11H18N2O/c1-9-4-5-11(14-9)10-8-12-6-3-7-13(10)2/h4-5,10,12H,3,6-8H2,1-2H3. The van der Waals surface area contributed by atoms with Crippen LogP contribution < -0.4 is 5.32 Å². The number of nitrogens with one attached hydrogen (secondary N) is 1. The van der Waals surface area contributed by atoms with Crippen LogP contribution in [0.15, 0.2) is 16.5 Å². The number of furan rings is 1. The summed E-state index contributed by atoms with van der Waals surface area (Å²) in [5.74, 6) is 2.08. The van der Waals surface area contributed by atoms with Gasteiger partial charge in [-0.05, 0) is 45.6 Å². The van der Waals surface area contributed by atoms with Crippen molar-refractivity contribution in [2.45, 2.75) is 19.4 Å². The van der Waals surface area contributed by atoms with Gasteiger partial charge in [0, 0.05) is 6.54 Å². The van der Waals surface area contributed by atoms with Gasteiger partial charge in [-0.1, -0.05) is 0 Å². The minimum Gasteiger partial charge on any atom is -0.465 e.